The zero-order valence-corrected chi connectivity index (χ0v) is 16.8. The van der Waals surface area contributed by atoms with Crippen LogP contribution in [0.25, 0.3) is 10.6 Å². The minimum absolute atomic E-state index is 0.130. The highest BCUT2D eigenvalue weighted by molar-refractivity contribution is 7.17. The summed E-state index contributed by atoms with van der Waals surface area (Å²) in [6.45, 7) is 5.09. The Hall–Kier alpha value is -2.74. The van der Waals surface area contributed by atoms with Gasteiger partial charge in [-0.25, -0.2) is 4.98 Å². The Bertz CT molecular complexity index is 860. The Morgan fingerprint density at radius 1 is 1.21 bits per heavy atom. The van der Waals surface area contributed by atoms with Gasteiger partial charge >= 0.3 is 0 Å². The molecule has 0 unspecified atom stereocenters. The molecule has 1 aliphatic rings. The van der Waals surface area contributed by atoms with E-state index in [0.717, 1.165) is 16.3 Å². The molecule has 7 nitrogen and oxygen atoms in total. The molecule has 3 amide bonds. The zero-order valence-electron chi connectivity index (χ0n) is 16.0. The van der Waals surface area contributed by atoms with E-state index in [9.17, 15) is 14.4 Å². The van der Waals surface area contributed by atoms with Crippen LogP contribution in [0.15, 0.2) is 24.3 Å². The smallest absolute Gasteiger partial charge is 0.263 e. The molecule has 1 fully saturated rings. The van der Waals surface area contributed by atoms with Gasteiger partial charge in [-0.15, -0.1) is 11.3 Å². The third kappa shape index (κ3) is 4.56. The van der Waals surface area contributed by atoms with Gasteiger partial charge in [-0.2, -0.15) is 0 Å². The molecular formula is C20H23N3O4S. The van der Waals surface area contributed by atoms with Gasteiger partial charge in [0.2, 0.25) is 11.8 Å². The molecule has 1 aromatic heterocycles. The van der Waals surface area contributed by atoms with Crippen LogP contribution in [0.1, 0.15) is 41.6 Å². The van der Waals surface area contributed by atoms with Crippen molar-refractivity contribution in [2.24, 2.45) is 0 Å². The summed E-state index contributed by atoms with van der Waals surface area (Å²) >= 11 is 1.34. The van der Waals surface area contributed by atoms with E-state index in [-0.39, 0.29) is 17.7 Å². The largest absolute Gasteiger partial charge is 0.494 e. The molecule has 0 radical (unpaired) electrons. The van der Waals surface area contributed by atoms with Crippen molar-refractivity contribution in [2.45, 2.75) is 33.1 Å². The summed E-state index contributed by atoms with van der Waals surface area (Å²) in [6, 6.07) is 7.62. The molecule has 8 heteroatoms. The van der Waals surface area contributed by atoms with Gasteiger partial charge in [0.25, 0.3) is 5.91 Å². The maximum Gasteiger partial charge on any atom is 0.263 e. The summed E-state index contributed by atoms with van der Waals surface area (Å²) in [6.07, 6.45) is 1.12. The van der Waals surface area contributed by atoms with Crippen LogP contribution >= 0.6 is 11.3 Å². The standard InChI is InChI=1S/C20H23N3O4S/c1-3-27-15-7-5-14(6-8-15)20-22-13(2)18(28-20)19(26)21-11-4-12-23-16(24)9-10-17(23)25/h5-8H,3-4,9-12H2,1-2H3,(H,21,26). The van der Waals surface area contributed by atoms with Crippen molar-refractivity contribution in [3.8, 4) is 16.3 Å². The average Bonchev–Trinajstić information content (AvgIpc) is 3.22. The lowest BCUT2D eigenvalue weighted by atomic mass is 10.2. The van der Waals surface area contributed by atoms with Gasteiger partial charge in [0.1, 0.15) is 15.6 Å². The van der Waals surface area contributed by atoms with Crippen LogP contribution < -0.4 is 10.1 Å². The van der Waals surface area contributed by atoms with Crippen molar-refractivity contribution in [3.05, 3.63) is 34.8 Å². The van der Waals surface area contributed by atoms with Gasteiger partial charge in [0.05, 0.1) is 12.3 Å². The number of imide groups is 1. The van der Waals surface area contributed by atoms with Crippen LogP contribution in [0.4, 0.5) is 0 Å². The van der Waals surface area contributed by atoms with Crippen molar-refractivity contribution < 1.29 is 19.1 Å². The Kier molecular flexibility index (Phi) is 6.41. The number of ether oxygens (including phenoxy) is 1. The predicted molar refractivity (Wildman–Crippen MR) is 106 cm³/mol. The van der Waals surface area contributed by atoms with E-state index in [2.05, 4.69) is 10.3 Å². The molecule has 0 bridgehead atoms. The number of likely N-dealkylation sites (tertiary alicyclic amines) is 1. The first-order valence-corrected chi connectivity index (χ1v) is 10.1. The van der Waals surface area contributed by atoms with Crippen LogP contribution in [0.3, 0.4) is 0 Å². The molecule has 2 heterocycles. The normalized spacial score (nSPS) is 13.9. The number of aryl methyl sites for hydroxylation is 1. The molecular weight excluding hydrogens is 378 g/mol. The molecule has 2 aromatic rings. The number of carbonyl (C=O) groups excluding carboxylic acids is 3. The van der Waals surface area contributed by atoms with Crippen molar-refractivity contribution >= 4 is 29.1 Å². The second-order valence-electron chi connectivity index (χ2n) is 6.44. The second-order valence-corrected chi connectivity index (χ2v) is 7.44. The highest BCUT2D eigenvalue weighted by atomic mass is 32.1. The Morgan fingerprint density at radius 3 is 2.54 bits per heavy atom. The van der Waals surface area contributed by atoms with Crippen molar-refractivity contribution in [3.63, 3.8) is 0 Å². The van der Waals surface area contributed by atoms with E-state index < -0.39 is 0 Å². The summed E-state index contributed by atoms with van der Waals surface area (Å²) in [4.78, 5) is 42.0. The van der Waals surface area contributed by atoms with Crippen LogP contribution in [0.5, 0.6) is 5.75 Å². The summed E-state index contributed by atoms with van der Waals surface area (Å²) in [5.74, 6) is 0.350. The van der Waals surface area contributed by atoms with Gasteiger partial charge < -0.3 is 10.1 Å². The van der Waals surface area contributed by atoms with Crippen LogP contribution in [-0.2, 0) is 9.59 Å². The predicted octanol–water partition coefficient (Wildman–Crippen LogP) is 2.79. The first kappa shape index (κ1) is 20.0. The first-order chi connectivity index (χ1) is 13.5. The lowest BCUT2D eigenvalue weighted by Gasteiger charge is -2.13. The number of hydrogen-bond acceptors (Lipinski definition) is 6. The third-order valence-electron chi connectivity index (χ3n) is 4.41. The zero-order chi connectivity index (χ0) is 20.1. The Morgan fingerprint density at radius 2 is 1.89 bits per heavy atom. The molecule has 0 spiro atoms. The number of hydrogen-bond donors (Lipinski definition) is 1. The van der Waals surface area contributed by atoms with Gasteiger partial charge in [0.15, 0.2) is 0 Å². The number of aromatic nitrogens is 1. The molecule has 0 aliphatic carbocycles. The fourth-order valence-corrected chi connectivity index (χ4v) is 3.97. The minimum Gasteiger partial charge on any atom is -0.494 e. The highest BCUT2D eigenvalue weighted by Crippen LogP contribution is 2.29. The average molecular weight is 401 g/mol. The molecule has 1 N–H and O–H groups in total. The quantitative estimate of drug-likeness (QED) is 0.543. The summed E-state index contributed by atoms with van der Waals surface area (Å²) < 4.78 is 5.44. The molecule has 148 valence electrons. The summed E-state index contributed by atoms with van der Waals surface area (Å²) in [5.41, 5.74) is 1.61. The molecule has 3 rings (SSSR count). The van der Waals surface area contributed by atoms with Gasteiger partial charge in [0, 0.05) is 31.5 Å². The van der Waals surface area contributed by atoms with Crippen molar-refractivity contribution in [1.29, 1.82) is 0 Å². The van der Waals surface area contributed by atoms with Crippen LogP contribution in [0.2, 0.25) is 0 Å². The lowest BCUT2D eigenvalue weighted by molar-refractivity contribution is -0.138. The number of rotatable bonds is 8. The molecule has 1 aliphatic heterocycles. The van der Waals surface area contributed by atoms with Gasteiger partial charge in [-0.05, 0) is 44.5 Å². The number of thiazole rings is 1. The molecule has 0 atom stereocenters. The van der Waals surface area contributed by atoms with E-state index in [1.807, 2.05) is 38.1 Å². The Balaban J connectivity index is 1.55. The second kappa shape index (κ2) is 8.97. The number of nitrogens with zero attached hydrogens (tertiary/aromatic N) is 2. The van der Waals surface area contributed by atoms with E-state index in [0.29, 0.717) is 49.5 Å². The molecule has 28 heavy (non-hydrogen) atoms. The van der Waals surface area contributed by atoms with Crippen molar-refractivity contribution in [2.75, 3.05) is 19.7 Å². The van der Waals surface area contributed by atoms with E-state index in [4.69, 9.17) is 4.74 Å². The minimum atomic E-state index is -0.189. The van der Waals surface area contributed by atoms with E-state index in [1.54, 1.807) is 0 Å². The van der Waals surface area contributed by atoms with E-state index in [1.165, 1.54) is 16.2 Å². The number of carbonyl (C=O) groups is 3. The molecule has 1 saturated heterocycles. The number of nitrogens with one attached hydrogen (secondary N) is 1. The molecule has 0 saturated carbocycles. The fraction of sp³-hybridized carbons (Fsp3) is 0.400. The lowest BCUT2D eigenvalue weighted by Crippen LogP contribution is -2.33. The number of amides is 3. The van der Waals surface area contributed by atoms with Crippen LogP contribution in [0, 0.1) is 6.92 Å². The summed E-state index contributed by atoms with van der Waals surface area (Å²) in [5, 5.41) is 3.62. The van der Waals surface area contributed by atoms with Crippen LogP contribution in [-0.4, -0.2) is 47.3 Å². The summed E-state index contributed by atoms with van der Waals surface area (Å²) in [7, 11) is 0. The first-order valence-electron chi connectivity index (χ1n) is 9.31. The maximum absolute atomic E-state index is 12.5. The topological polar surface area (TPSA) is 88.6 Å². The number of benzene rings is 1. The molecule has 1 aromatic carbocycles. The SMILES string of the molecule is CCOc1ccc(-c2nc(C)c(C(=O)NCCCN3C(=O)CCC3=O)s2)cc1. The van der Waals surface area contributed by atoms with Gasteiger partial charge in [-0.1, -0.05) is 0 Å². The third-order valence-corrected chi connectivity index (χ3v) is 5.62. The van der Waals surface area contributed by atoms with Crippen molar-refractivity contribution in [1.82, 2.24) is 15.2 Å². The van der Waals surface area contributed by atoms with Gasteiger partial charge in [-0.3, -0.25) is 19.3 Å². The highest BCUT2D eigenvalue weighted by Gasteiger charge is 2.28. The Labute approximate surface area is 167 Å². The monoisotopic (exact) mass is 401 g/mol. The van der Waals surface area contributed by atoms with E-state index >= 15 is 0 Å². The maximum atomic E-state index is 12.5. The fourth-order valence-electron chi connectivity index (χ4n) is 2.98.